The molecule has 0 aromatic carbocycles. The summed E-state index contributed by atoms with van der Waals surface area (Å²) in [6.45, 7) is 3.67. The number of amides is 1. The summed E-state index contributed by atoms with van der Waals surface area (Å²) in [4.78, 5) is 16.0. The molecule has 0 fully saturated rings. The highest BCUT2D eigenvalue weighted by Gasteiger charge is 2.17. The van der Waals surface area contributed by atoms with Crippen LogP contribution in [0.15, 0.2) is 10.8 Å². The second kappa shape index (κ2) is 5.60. The number of carbonyl (C=O) groups is 1. The molecule has 0 spiro atoms. The summed E-state index contributed by atoms with van der Waals surface area (Å²) in [5, 5.41) is 2.80. The van der Waals surface area contributed by atoms with Crippen LogP contribution in [0.4, 0.5) is 0 Å². The highest BCUT2D eigenvalue weighted by Crippen LogP contribution is 2.06. The van der Waals surface area contributed by atoms with Crippen molar-refractivity contribution in [2.24, 2.45) is 5.73 Å². The summed E-state index contributed by atoms with van der Waals surface area (Å²) in [6.07, 6.45) is 2.50. The number of aryl methyl sites for hydroxylation is 1. The van der Waals surface area contributed by atoms with E-state index in [9.17, 15) is 4.79 Å². The van der Waals surface area contributed by atoms with Gasteiger partial charge < -0.3 is 15.5 Å². The maximum atomic E-state index is 11.7. The summed E-state index contributed by atoms with van der Waals surface area (Å²) >= 11 is 4.81. The Morgan fingerprint density at radius 2 is 2.44 bits per heavy atom. The van der Waals surface area contributed by atoms with Crippen LogP contribution in [-0.4, -0.2) is 21.9 Å². The fourth-order valence-corrected chi connectivity index (χ4v) is 1.51. The topological polar surface area (TPSA) is 81.1 Å². The lowest BCUT2D eigenvalue weighted by Gasteiger charge is -2.15. The summed E-state index contributed by atoms with van der Waals surface area (Å²) in [7, 11) is 0. The highest BCUT2D eigenvalue weighted by molar-refractivity contribution is 7.80. The molecule has 0 bridgehead atoms. The second-order valence-electron chi connectivity index (χ2n) is 3.52. The number of nitrogens with zero attached hydrogens (tertiary/aromatic N) is 1. The van der Waals surface area contributed by atoms with Crippen molar-refractivity contribution in [3.05, 3.63) is 17.8 Å². The molecule has 3 N–H and O–H groups in total. The van der Waals surface area contributed by atoms with E-state index in [4.69, 9.17) is 22.4 Å². The quantitative estimate of drug-likeness (QED) is 0.756. The Morgan fingerprint density at radius 1 is 1.75 bits per heavy atom. The van der Waals surface area contributed by atoms with Gasteiger partial charge in [0.25, 0.3) is 5.91 Å². The zero-order chi connectivity index (χ0) is 12.1. The number of hydrogen-bond donors (Lipinski definition) is 2. The van der Waals surface area contributed by atoms with Gasteiger partial charge in [-0.25, -0.2) is 4.98 Å². The van der Waals surface area contributed by atoms with Gasteiger partial charge in [0.05, 0.1) is 10.7 Å². The number of carbonyl (C=O) groups excluding carboxylic acids is 1. The maximum Gasteiger partial charge on any atom is 0.289 e. The number of oxazole rings is 1. The predicted octanol–water partition coefficient (Wildman–Crippen LogP) is 1.17. The van der Waals surface area contributed by atoms with Crippen LogP contribution in [0, 0.1) is 6.92 Å². The van der Waals surface area contributed by atoms with E-state index in [-0.39, 0.29) is 17.7 Å². The van der Waals surface area contributed by atoms with Gasteiger partial charge in [0.15, 0.2) is 6.39 Å². The van der Waals surface area contributed by atoms with Gasteiger partial charge in [-0.2, -0.15) is 0 Å². The first-order valence-electron chi connectivity index (χ1n) is 5.03. The van der Waals surface area contributed by atoms with E-state index < -0.39 is 0 Å². The third-order valence-electron chi connectivity index (χ3n) is 2.23. The van der Waals surface area contributed by atoms with Crippen LogP contribution in [-0.2, 0) is 0 Å². The van der Waals surface area contributed by atoms with E-state index >= 15 is 0 Å². The maximum absolute atomic E-state index is 11.7. The zero-order valence-electron chi connectivity index (χ0n) is 9.32. The normalized spacial score (nSPS) is 12.1. The lowest BCUT2D eigenvalue weighted by atomic mass is 10.1. The monoisotopic (exact) mass is 241 g/mol. The number of nitrogens with two attached hydrogens (primary N) is 1. The predicted molar refractivity (Wildman–Crippen MR) is 64.2 cm³/mol. The van der Waals surface area contributed by atoms with Crippen molar-refractivity contribution in [2.75, 3.05) is 0 Å². The van der Waals surface area contributed by atoms with Crippen molar-refractivity contribution >= 4 is 23.1 Å². The molecule has 5 nitrogen and oxygen atoms in total. The number of thiocarbonyl (C=S) groups is 1. The Labute approximate surface area is 99.4 Å². The zero-order valence-corrected chi connectivity index (χ0v) is 10.1. The molecule has 1 aromatic heterocycles. The van der Waals surface area contributed by atoms with Crippen LogP contribution in [0.3, 0.4) is 0 Å². The van der Waals surface area contributed by atoms with Gasteiger partial charge in [-0.15, -0.1) is 0 Å². The van der Waals surface area contributed by atoms with E-state index in [1.165, 1.54) is 6.39 Å². The Balaban J connectivity index is 2.62. The Hall–Kier alpha value is -1.43. The molecule has 0 radical (unpaired) electrons. The minimum Gasteiger partial charge on any atom is -0.438 e. The lowest BCUT2D eigenvalue weighted by molar-refractivity contribution is 0.0908. The van der Waals surface area contributed by atoms with Gasteiger partial charge in [-0.05, 0) is 13.3 Å². The van der Waals surface area contributed by atoms with Crippen molar-refractivity contribution in [3.63, 3.8) is 0 Å². The molecule has 1 rings (SSSR count). The molecular formula is C10H15N3O2S. The molecule has 0 aliphatic carbocycles. The molecule has 1 unspecified atom stereocenters. The Bertz CT molecular complexity index is 389. The fraction of sp³-hybridized carbons (Fsp3) is 0.500. The lowest BCUT2D eigenvalue weighted by Crippen LogP contribution is -2.37. The fourth-order valence-electron chi connectivity index (χ4n) is 1.31. The number of nitrogens with one attached hydrogen (secondary N) is 1. The van der Waals surface area contributed by atoms with Gasteiger partial charge in [0, 0.05) is 12.5 Å². The second-order valence-corrected chi connectivity index (χ2v) is 4.04. The van der Waals surface area contributed by atoms with Crippen molar-refractivity contribution < 1.29 is 9.21 Å². The number of hydrogen-bond acceptors (Lipinski definition) is 4. The van der Waals surface area contributed by atoms with Gasteiger partial charge in [0.1, 0.15) is 0 Å². The van der Waals surface area contributed by atoms with Crippen LogP contribution in [0.2, 0.25) is 0 Å². The first-order chi connectivity index (χ1) is 7.54. The molecule has 0 aliphatic rings. The molecule has 1 aromatic rings. The van der Waals surface area contributed by atoms with Crippen LogP contribution in [0.1, 0.15) is 36.0 Å². The molecule has 0 aliphatic heterocycles. The first kappa shape index (κ1) is 12.6. The third-order valence-corrected chi connectivity index (χ3v) is 2.39. The van der Waals surface area contributed by atoms with Crippen molar-refractivity contribution in [1.29, 1.82) is 0 Å². The van der Waals surface area contributed by atoms with Crippen molar-refractivity contribution in [2.45, 2.75) is 32.7 Å². The Kier molecular flexibility index (Phi) is 4.42. The standard InChI is InChI=1S/C10H15N3O2S/c1-3-7(4-8(11)16)13-10(14)9-6(2)12-5-15-9/h5,7H,3-4H2,1-2H3,(H2,11,16)(H,13,14). The summed E-state index contributed by atoms with van der Waals surface area (Å²) < 4.78 is 4.99. The number of aromatic nitrogens is 1. The average Bonchev–Trinajstić information content (AvgIpc) is 2.62. The average molecular weight is 241 g/mol. The molecular weight excluding hydrogens is 226 g/mol. The van der Waals surface area contributed by atoms with E-state index in [0.717, 1.165) is 6.42 Å². The summed E-state index contributed by atoms with van der Waals surface area (Å²) in [5.41, 5.74) is 6.01. The van der Waals surface area contributed by atoms with E-state index in [1.807, 2.05) is 6.92 Å². The van der Waals surface area contributed by atoms with Gasteiger partial charge >= 0.3 is 0 Å². The minimum atomic E-state index is -0.280. The molecule has 0 saturated carbocycles. The van der Waals surface area contributed by atoms with Crippen molar-refractivity contribution in [3.8, 4) is 0 Å². The molecule has 1 atom stereocenters. The van der Waals surface area contributed by atoms with E-state index in [0.29, 0.717) is 17.1 Å². The van der Waals surface area contributed by atoms with Crippen LogP contribution >= 0.6 is 12.2 Å². The largest absolute Gasteiger partial charge is 0.438 e. The van der Waals surface area contributed by atoms with Crippen LogP contribution in [0.5, 0.6) is 0 Å². The summed E-state index contributed by atoms with van der Waals surface area (Å²) in [5.74, 6) is -0.0421. The van der Waals surface area contributed by atoms with E-state index in [1.54, 1.807) is 6.92 Å². The minimum absolute atomic E-state index is 0.0606. The summed E-state index contributed by atoms with van der Waals surface area (Å²) in [6, 6.07) is -0.0606. The van der Waals surface area contributed by atoms with E-state index in [2.05, 4.69) is 10.3 Å². The van der Waals surface area contributed by atoms with Gasteiger partial charge in [-0.1, -0.05) is 19.1 Å². The molecule has 88 valence electrons. The van der Waals surface area contributed by atoms with Crippen LogP contribution < -0.4 is 11.1 Å². The highest BCUT2D eigenvalue weighted by atomic mass is 32.1. The third kappa shape index (κ3) is 3.30. The molecule has 0 saturated heterocycles. The molecule has 1 heterocycles. The molecule has 16 heavy (non-hydrogen) atoms. The molecule has 1 amide bonds. The van der Waals surface area contributed by atoms with Crippen LogP contribution in [0.25, 0.3) is 0 Å². The van der Waals surface area contributed by atoms with Crippen molar-refractivity contribution in [1.82, 2.24) is 10.3 Å². The Morgan fingerprint density at radius 3 is 2.88 bits per heavy atom. The SMILES string of the molecule is CCC(CC(N)=S)NC(=O)c1ocnc1C. The molecule has 6 heteroatoms. The van der Waals surface area contributed by atoms with Gasteiger partial charge in [0.2, 0.25) is 5.76 Å². The first-order valence-corrected chi connectivity index (χ1v) is 5.44. The number of rotatable bonds is 5. The van der Waals surface area contributed by atoms with Gasteiger partial charge in [-0.3, -0.25) is 4.79 Å². The smallest absolute Gasteiger partial charge is 0.289 e.